The van der Waals surface area contributed by atoms with E-state index < -0.39 is 6.03 Å². The number of nitrogens with zero attached hydrogens (tertiary/aromatic N) is 1. The number of hydroxylamine groups is 2. The van der Waals surface area contributed by atoms with Crippen LogP contribution >= 0.6 is 11.6 Å². The van der Waals surface area contributed by atoms with Crippen molar-refractivity contribution >= 4 is 17.6 Å². The highest BCUT2D eigenvalue weighted by molar-refractivity contribution is 6.30. The van der Waals surface area contributed by atoms with Gasteiger partial charge in [-0.2, -0.15) is 0 Å². The highest BCUT2D eigenvalue weighted by atomic mass is 35.5. The number of carbonyl (C=O) groups excluding carboxylic acids is 1. The number of urea groups is 1. The number of amides is 2. The summed E-state index contributed by atoms with van der Waals surface area (Å²) in [5, 5.41) is 10.4. The van der Waals surface area contributed by atoms with E-state index in [4.69, 9.17) is 22.1 Å². The number of hydrogen-bond acceptors (Lipinski definition) is 3. The van der Waals surface area contributed by atoms with Crippen molar-refractivity contribution in [1.82, 2.24) is 5.06 Å². The maximum atomic E-state index is 10.7. The van der Waals surface area contributed by atoms with Gasteiger partial charge >= 0.3 is 6.03 Å². The quantitative estimate of drug-likeness (QED) is 0.654. The Morgan fingerprint density at radius 1 is 1.44 bits per heavy atom. The molecule has 5 nitrogen and oxygen atoms in total. The molecule has 1 heterocycles. The molecule has 18 heavy (non-hydrogen) atoms. The van der Waals surface area contributed by atoms with Crippen LogP contribution in [-0.4, -0.2) is 29.0 Å². The molecule has 1 aliphatic heterocycles. The molecule has 0 unspecified atom stereocenters. The first-order valence-electron chi connectivity index (χ1n) is 5.73. The van der Waals surface area contributed by atoms with Gasteiger partial charge in [-0.25, -0.2) is 9.86 Å². The summed E-state index contributed by atoms with van der Waals surface area (Å²) in [6.07, 6.45) is 1.41. The smallest absolute Gasteiger partial charge is 0.338 e. The van der Waals surface area contributed by atoms with Crippen molar-refractivity contribution in [2.24, 2.45) is 5.73 Å². The Hall–Kier alpha value is -1.30. The zero-order chi connectivity index (χ0) is 13.1. The Morgan fingerprint density at radius 3 is 2.72 bits per heavy atom. The second-order valence-electron chi connectivity index (χ2n) is 4.30. The number of halogens is 1. The van der Waals surface area contributed by atoms with Gasteiger partial charge in [-0.05, 0) is 30.5 Å². The van der Waals surface area contributed by atoms with Crippen LogP contribution < -0.4 is 5.73 Å². The molecule has 0 bridgehead atoms. The first kappa shape index (κ1) is 13.1. The molecule has 3 N–H and O–H groups in total. The Kier molecular flexibility index (Phi) is 4.06. The van der Waals surface area contributed by atoms with E-state index in [2.05, 4.69) is 0 Å². The Morgan fingerprint density at radius 2 is 2.11 bits per heavy atom. The molecule has 0 saturated carbocycles. The second kappa shape index (κ2) is 5.56. The Balaban J connectivity index is 1.92. The van der Waals surface area contributed by atoms with Gasteiger partial charge in [0, 0.05) is 5.02 Å². The molecule has 1 aromatic carbocycles. The average molecular weight is 271 g/mol. The molecular weight excluding hydrogens is 256 g/mol. The summed E-state index contributed by atoms with van der Waals surface area (Å²) >= 11 is 5.82. The summed E-state index contributed by atoms with van der Waals surface area (Å²) in [7, 11) is 0. The van der Waals surface area contributed by atoms with Crippen LogP contribution in [0.25, 0.3) is 0 Å². The molecule has 2 atom stereocenters. The van der Waals surface area contributed by atoms with Crippen molar-refractivity contribution in [1.29, 1.82) is 0 Å². The third-order valence-electron chi connectivity index (χ3n) is 2.98. The topological polar surface area (TPSA) is 75.8 Å². The highest BCUT2D eigenvalue weighted by Crippen LogP contribution is 2.33. The van der Waals surface area contributed by atoms with Crippen molar-refractivity contribution in [2.75, 3.05) is 6.54 Å². The number of carbonyl (C=O) groups is 1. The molecular formula is C12H15ClN2O3. The minimum absolute atomic E-state index is 0.0199. The number of primary amides is 1. The first-order chi connectivity index (χ1) is 8.56. The molecule has 1 fully saturated rings. The first-order valence-corrected chi connectivity index (χ1v) is 6.11. The fraction of sp³-hybridized carbons (Fsp3) is 0.417. The van der Waals surface area contributed by atoms with Gasteiger partial charge in [0.1, 0.15) is 0 Å². The molecule has 6 heteroatoms. The van der Waals surface area contributed by atoms with Crippen LogP contribution in [0.3, 0.4) is 0 Å². The largest absolute Gasteiger partial charge is 0.368 e. The van der Waals surface area contributed by atoms with Crippen LogP contribution in [-0.2, 0) is 4.74 Å². The van der Waals surface area contributed by atoms with Crippen LogP contribution in [0.1, 0.15) is 24.5 Å². The number of benzene rings is 1. The van der Waals surface area contributed by atoms with E-state index in [1.165, 1.54) is 0 Å². The lowest BCUT2D eigenvalue weighted by molar-refractivity contribution is -0.0788. The molecule has 1 saturated heterocycles. The van der Waals surface area contributed by atoms with Crippen LogP contribution in [0.4, 0.5) is 4.79 Å². The summed E-state index contributed by atoms with van der Waals surface area (Å²) in [6, 6.07) is 6.60. The van der Waals surface area contributed by atoms with E-state index in [0.717, 1.165) is 18.4 Å². The fourth-order valence-electron chi connectivity index (χ4n) is 2.05. The molecule has 2 amide bonds. The Labute approximate surface area is 110 Å². The predicted octanol–water partition coefficient (Wildman–Crippen LogP) is 2.33. The zero-order valence-corrected chi connectivity index (χ0v) is 10.5. The molecule has 0 radical (unpaired) electrons. The van der Waals surface area contributed by atoms with Crippen molar-refractivity contribution in [3.63, 3.8) is 0 Å². The number of ether oxygens (including phenoxy) is 1. The van der Waals surface area contributed by atoms with Crippen molar-refractivity contribution < 1.29 is 14.7 Å². The van der Waals surface area contributed by atoms with Gasteiger partial charge < -0.3 is 10.5 Å². The maximum Gasteiger partial charge on any atom is 0.338 e. The average Bonchev–Trinajstić information content (AvgIpc) is 2.78. The van der Waals surface area contributed by atoms with Gasteiger partial charge in [0.15, 0.2) is 0 Å². The van der Waals surface area contributed by atoms with Crippen molar-refractivity contribution in [3.8, 4) is 0 Å². The van der Waals surface area contributed by atoms with E-state index >= 15 is 0 Å². The third kappa shape index (κ3) is 3.13. The monoisotopic (exact) mass is 270 g/mol. The Bertz CT molecular complexity index is 424. The molecule has 0 aliphatic carbocycles. The molecule has 1 aliphatic rings. The summed E-state index contributed by atoms with van der Waals surface area (Å²) in [4.78, 5) is 10.7. The van der Waals surface area contributed by atoms with Gasteiger partial charge in [-0.15, -0.1) is 0 Å². The fourth-order valence-corrected chi connectivity index (χ4v) is 2.17. The lowest BCUT2D eigenvalue weighted by Gasteiger charge is -2.18. The minimum Gasteiger partial charge on any atom is -0.368 e. The zero-order valence-electron chi connectivity index (χ0n) is 9.75. The lowest BCUT2D eigenvalue weighted by Crippen LogP contribution is -2.38. The third-order valence-corrected chi connectivity index (χ3v) is 3.23. The molecule has 98 valence electrons. The molecule has 1 aromatic rings. The van der Waals surface area contributed by atoms with Gasteiger partial charge in [-0.3, -0.25) is 5.21 Å². The van der Waals surface area contributed by atoms with Crippen LogP contribution in [0.5, 0.6) is 0 Å². The highest BCUT2D eigenvalue weighted by Gasteiger charge is 2.28. The second-order valence-corrected chi connectivity index (χ2v) is 4.73. The van der Waals surface area contributed by atoms with E-state index in [-0.39, 0.29) is 18.8 Å². The normalized spacial score (nSPS) is 23.0. The van der Waals surface area contributed by atoms with Crippen molar-refractivity contribution in [2.45, 2.75) is 25.0 Å². The van der Waals surface area contributed by atoms with Gasteiger partial charge in [0.05, 0.1) is 18.8 Å². The summed E-state index contributed by atoms with van der Waals surface area (Å²) in [5.74, 6) is 0. The van der Waals surface area contributed by atoms with Gasteiger partial charge in [0.2, 0.25) is 0 Å². The minimum atomic E-state index is -0.867. The SMILES string of the molecule is NC(=O)N(O)C[C@H]1CC[C@H](c2ccc(Cl)cc2)O1. The van der Waals surface area contributed by atoms with E-state index in [9.17, 15) is 10.0 Å². The van der Waals surface area contributed by atoms with E-state index in [0.29, 0.717) is 10.1 Å². The predicted molar refractivity (Wildman–Crippen MR) is 66.4 cm³/mol. The number of hydrogen-bond donors (Lipinski definition) is 2. The van der Waals surface area contributed by atoms with Crippen LogP contribution in [0.2, 0.25) is 5.02 Å². The molecule has 0 spiro atoms. The standard InChI is InChI=1S/C12H15ClN2O3/c13-9-3-1-8(2-4-9)11-6-5-10(18-11)7-15(17)12(14)16/h1-4,10-11,17H,5-7H2,(H2,14,16)/t10-,11-/m1/s1. The van der Waals surface area contributed by atoms with Gasteiger partial charge in [0.25, 0.3) is 0 Å². The number of rotatable bonds is 3. The summed E-state index contributed by atoms with van der Waals surface area (Å²) in [5.41, 5.74) is 5.99. The molecule has 2 rings (SSSR count). The van der Waals surface area contributed by atoms with Crippen LogP contribution in [0, 0.1) is 0 Å². The summed E-state index contributed by atoms with van der Waals surface area (Å²) < 4.78 is 5.76. The summed E-state index contributed by atoms with van der Waals surface area (Å²) in [6.45, 7) is 0.0966. The van der Waals surface area contributed by atoms with E-state index in [1.807, 2.05) is 24.3 Å². The maximum absolute atomic E-state index is 10.7. The van der Waals surface area contributed by atoms with Crippen LogP contribution in [0.15, 0.2) is 24.3 Å². The van der Waals surface area contributed by atoms with Gasteiger partial charge in [-0.1, -0.05) is 23.7 Å². The van der Waals surface area contributed by atoms with Crippen molar-refractivity contribution in [3.05, 3.63) is 34.9 Å². The van der Waals surface area contributed by atoms with E-state index in [1.54, 1.807) is 0 Å². The number of nitrogens with two attached hydrogens (primary N) is 1. The molecule has 0 aromatic heterocycles. The lowest BCUT2D eigenvalue weighted by atomic mass is 10.1.